The molecule has 0 aliphatic carbocycles. The van der Waals surface area contributed by atoms with E-state index in [9.17, 15) is 13.2 Å². The number of hydrogen-bond acceptors (Lipinski definition) is 4. The van der Waals surface area contributed by atoms with E-state index in [1.807, 2.05) is 6.92 Å². The quantitative estimate of drug-likeness (QED) is 0.756. The zero-order valence-corrected chi connectivity index (χ0v) is 15.7. The van der Waals surface area contributed by atoms with Gasteiger partial charge in [-0.25, -0.2) is 8.42 Å². The smallest absolute Gasteiger partial charge is 0.253 e. The average Bonchev–Trinajstić information content (AvgIpc) is 3.03. The molecule has 2 rings (SSSR count). The van der Waals surface area contributed by atoms with Crippen molar-refractivity contribution in [2.75, 3.05) is 39.0 Å². The summed E-state index contributed by atoms with van der Waals surface area (Å²) in [5, 5.41) is 0. The second-order valence-corrected chi connectivity index (χ2v) is 8.52. The Kier molecular flexibility index (Phi) is 6.40. The van der Waals surface area contributed by atoms with Crippen LogP contribution in [0.5, 0.6) is 0 Å². The minimum Gasteiger partial charge on any atom is -0.339 e. The summed E-state index contributed by atoms with van der Waals surface area (Å²) in [6, 6.07) is 4.94. The summed E-state index contributed by atoms with van der Waals surface area (Å²) in [6.07, 6.45) is 4.67. The number of rotatable bonds is 7. The van der Waals surface area contributed by atoms with Crippen LogP contribution in [0.1, 0.15) is 42.1 Å². The van der Waals surface area contributed by atoms with E-state index in [0.29, 0.717) is 24.2 Å². The van der Waals surface area contributed by atoms with Crippen LogP contribution in [0.4, 0.5) is 0 Å². The fourth-order valence-electron chi connectivity index (χ4n) is 3.21. The zero-order valence-electron chi connectivity index (χ0n) is 14.9. The van der Waals surface area contributed by atoms with Gasteiger partial charge in [-0.3, -0.25) is 4.79 Å². The summed E-state index contributed by atoms with van der Waals surface area (Å²) in [5.74, 6) is -0.0937. The van der Waals surface area contributed by atoms with Gasteiger partial charge < -0.3 is 9.80 Å². The van der Waals surface area contributed by atoms with E-state index in [2.05, 4.69) is 4.90 Å². The predicted octanol–water partition coefficient (Wildman–Crippen LogP) is 2.35. The van der Waals surface area contributed by atoms with E-state index in [1.165, 1.54) is 25.2 Å². The van der Waals surface area contributed by atoms with E-state index < -0.39 is 9.84 Å². The van der Waals surface area contributed by atoms with Gasteiger partial charge in [0.25, 0.3) is 5.91 Å². The van der Waals surface area contributed by atoms with Gasteiger partial charge >= 0.3 is 0 Å². The lowest BCUT2D eigenvalue weighted by Crippen LogP contribution is -2.34. The molecule has 134 valence electrons. The molecule has 0 bridgehead atoms. The summed E-state index contributed by atoms with van der Waals surface area (Å²) in [6.45, 7) is 8.38. The Morgan fingerprint density at radius 2 is 1.92 bits per heavy atom. The molecule has 0 aromatic heterocycles. The minimum absolute atomic E-state index is 0.0937. The highest BCUT2D eigenvalue weighted by Crippen LogP contribution is 2.18. The highest BCUT2D eigenvalue weighted by Gasteiger charge is 2.19. The Balaban J connectivity index is 2.04. The van der Waals surface area contributed by atoms with Gasteiger partial charge in [-0.2, -0.15) is 0 Å². The lowest BCUT2D eigenvalue weighted by molar-refractivity contribution is 0.0758. The molecule has 5 nitrogen and oxygen atoms in total. The molecule has 1 saturated heterocycles. The number of carbonyl (C=O) groups is 1. The number of amides is 1. The fourth-order valence-corrected chi connectivity index (χ4v) is 4.20. The molecule has 0 unspecified atom stereocenters. The van der Waals surface area contributed by atoms with Crippen molar-refractivity contribution in [2.24, 2.45) is 0 Å². The van der Waals surface area contributed by atoms with Gasteiger partial charge in [0.1, 0.15) is 0 Å². The summed E-state index contributed by atoms with van der Waals surface area (Å²) < 4.78 is 23.7. The Hall–Kier alpha value is -1.40. The average molecular weight is 353 g/mol. The molecule has 1 heterocycles. The molecule has 1 aromatic carbocycles. The topological polar surface area (TPSA) is 57.7 Å². The van der Waals surface area contributed by atoms with Crippen LogP contribution in [0.15, 0.2) is 23.1 Å². The van der Waals surface area contributed by atoms with Gasteiger partial charge in [0.2, 0.25) is 0 Å². The van der Waals surface area contributed by atoms with Gasteiger partial charge in [0, 0.05) is 24.9 Å². The predicted molar refractivity (Wildman–Crippen MR) is 96.2 cm³/mol. The van der Waals surface area contributed by atoms with Crippen molar-refractivity contribution in [3.05, 3.63) is 29.3 Å². The van der Waals surface area contributed by atoms with Crippen LogP contribution in [0.25, 0.3) is 0 Å². The summed E-state index contributed by atoms with van der Waals surface area (Å²) in [4.78, 5) is 17.2. The molecule has 24 heavy (non-hydrogen) atoms. The Morgan fingerprint density at radius 3 is 2.50 bits per heavy atom. The van der Waals surface area contributed by atoms with Crippen LogP contribution in [-0.4, -0.2) is 63.1 Å². The third-order valence-corrected chi connectivity index (χ3v) is 5.84. The molecule has 1 aliphatic rings. The number of likely N-dealkylation sites (tertiary alicyclic amines) is 1. The van der Waals surface area contributed by atoms with Crippen molar-refractivity contribution in [3.8, 4) is 0 Å². The number of carbonyl (C=O) groups excluding carboxylic acids is 1. The first-order valence-corrected chi connectivity index (χ1v) is 10.5. The van der Waals surface area contributed by atoms with Crippen molar-refractivity contribution in [1.82, 2.24) is 9.80 Å². The Bertz CT molecular complexity index is 680. The minimum atomic E-state index is -3.33. The van der Waals surface area contributed by atoms with Crippen molar-refractivity contribution in [3.63, 3.8) is 0 Å². The van der Waals surface area contributed by atoms with E-state index in [0.717, 1.165) is 26.1 Å². The fraction of sp³-hybridized carbons (Fsp3) is 0.611. The highest BCUT2D eigenvalue weighted by atomic mass is 32.2. The first-order chi connectivity index (χ1) is 11.3. The number of benzene rings is 1. The van der Waals surface area contributed by atoms with Crippen LogP contribution in [0.2, 0.25) is 0 Å². The molecule has 0 saturated carbocycles. The van der Waals surface area contributed by atoms with Crippen molar-refractivity contribution in [1.29, 1.82) is 0 Å². The van der Waals surface area contributed by atoms with Gasteiger partial charge in [-0.1, -0.05) is 6.07 Å². The molecular weight excluding hydrogens is 324 g/mol. The molecule has 0 N–H and O–H groups in total. The number of sulfone groups is 1. The molecule has 0 radical (unpaired) electrons. The third kappa shape index (κ3) is 4.80. The monoisotopic (exact) mass is 352 g/mol. The van der Waals surface area contributed by atoms with Gasteiger partial charge in [0.15, 0.2) is 9.84 Å². The maximum atomic E-state index is 12.7. The second kappa shape index (κ2) is 8.12. The SMILES string of the molecule is CCN(CCCN1CCCC1)C(=O)c1ccc(C)c(S(C)(=O)=O)c1. The number of aryl methyl sites for hydroxylation is 1. The summed E-state index contributed by atoms with van der Waals surface area (Å²) in [7, 11) is -3.33. The first kappa shape index (κ1) is 18.9. The van der Waals surface area contributed by atoms with Gasteiger partial charge in [-0.05, 0) is 70.4 Å². The molecule has 1 amide bonds. The van der Waals surface area contributed by atoms with Crippen LogP contribution in [-0.2, 0) is 9.84 Å². The largest absolute Gasteiger partial charge is 0.339 e. The van der Waals surface area contributed by atoms with Crippen LogP contribution in [0.3, 0.4) is 0 Å². The molecule has 1 aromatic rings. The lowest BCUT2D eigenvalue weighted by Gasteiger charge is -2.23. The van der Waals surface area contributed by atoms with E-state index >= 15 is 0 Å². The van der Waals surface area contributed by atoms with Crippen molar-refractivity contribution >= 4 is 15.7 Å². The Morgan fingerprint density at radius 1 is 1.25 bits per heavy atom. The van der Waals surface area contributed by atoms with E-state index in [-0.39, 0.29) is 10.8 Å². The maximum Gasteiger partial charge on any atom is 0.253 e. The molecule has 1 aliphatic heterocycles. The van der Waals surface area contributed by atoms with Crippen LogP contribution in [0, 0.1) is 6.92 Å². The molecule has 0 atom stereocenters. The highest BCUT2D eigenvalue weighted by molar-refractivity contribution is 7.90. The molecule has 6 heteroatoms. The van der Waals surface area contributed by atoms with E-state index in [4.69, 9.17) is 0 Å². The lowest BCUT2D eigenvalue weighted by atomic mass is 10.1. The molecular formula is C18H28N2O3S. The molecule has 1 fully saturated rings. The first-order valence-electron chi connectivity index (χ1n) is 8.65. The van der Waals surface area contributed by atoms with E-state index in [1.54, 1.807) is 24.0 Å². The number of hydrogen-bond donors (Lipinski definition) is 0. The normalized spacial score (nSPS) is 15.6. The van der Waals surface area contributed by atoms with Crippen LogP contribution >= 0.6 is 0 Å². The second-order valence-electron chi connectivity index (χ2n) is 6.54. The summed E-state index contributed by atoms with van der Waals surface area (Å²) >= 11 is 0. The van der Waals surface area contributed by atoms with Crippen molar-refractivity contribution in [2.45, 2.75) is 38.0 Å². The standard InChI is InChI=1S/C18H28N2O3S/c1-4-20(13-7-12-19-10-5-6-11-19)18(21)16-9-8-15(2)17(14-16)24(3,22)23/h8-9,14H,4-7,10-13H2,1-3H3. The third-order valence-electron chi connectivity index (χ3n) is 4.60. The van der Waals surface area contributed by atoms with Crippen LogP contribution < -0.4 is 0 Å². The maximum absolute atomic E-state index is 12.7. The Labute approximate surface area is 145 Å². The summed E-state index contributed by atoms with van der Waals surface area (Å²) in [5.41, 5.74) is 1.12. The van der Waals surface area contributed by atoms with Gasteiger partial charge in [0.05, 0.1) is 4.90 Å². The van der Waals surface area contributed by atoms with Gasteiger partial charge in [-0.15, -0.1) is 0 Å². The zero-order chi connectivity index (χ0) is 17.7. The van der Waals surface area contributed by atoms with Crippen molar-refractivity contribution < 1.29 is 13.2 Å². The number of nitrogens with zero attached hydrogens (tertiary/aromatic N) is 2. The molecule has 0 spiro atoms.